The van der Waals surface area contributed by atoms with Crippen molar-refractivity contribution >= 4 is 5.91 Å². The van der Waals surface area contributed by atoms with Crippen LogP contribution >= 0.6 is 0 Å². The van der Waals surface area contributed by atoms with Crippen molar-refractivity contribution in [1.29, 1.82) is 0 Å². The lowest BCUT2D eigenvalue weighted by molar-refractivity contribution is 0.0991. The van der Waals surface area contributed by atoms with Gasteiger partial charge in [0.05, 0.1) is 0 Å². The fourth-order valence-electron chi connectivity index (χ4n) is 0.734. The van der Waals surface area contributed by atoms with Gasteiger partial charge in [-0.1, -0.05) is 6.07 Å². The molecular weight excluding hydrogens is 145 g/mol. The van der Waals surface area contributed by atoms with Crippen LogP contribution in [0.4, 0.5) is 4.39 Å². The van der Waals surface area contributed by atoms with E-state index < -0.39 is 11.7 Å². The molecule has 0 spiro atoms. The van der Waals surface area contributed by atoms with Gasteiger partial charge in [0.15, 0.2) is 0 Å². The summed E-state index contributed by atoms with van der Waals surface area (Å²) in [6.45, 7) is 1.60. The number of halogens is 1. The lowest BCUT2D eigenvalue weighted by Crippen LogP contribution is -1.99. The number of nitrogens with one attached hydrogen (secondary N) is 1. The van der Waals surface area contributed by atoms with Crippen LogP contribution in [0.3, 0.4) is 0 Å². The smallest absolute Gasteiger partial charge is 0.267 e. The highest BCUT2D eigenvalue weighted by Crippen LogP contribution is 2.08. The Kier molecular flexibility index (Phi) is 1.89. The van der Waals surface area contributed by atoms with Crippen molar-refractivity contribution in [2.45, 2.75) is 6.92 Å². The number of rotatable bonds is 1. The van der Waals surface area contributed by atoms with E-state index in [1.54, 1.807) is 6.92 Å². The van der Waals surface area contributed by atoms with E-state index in [1.165, 1.54) is 12.1 Å². The number of amides is 1. The van der Waals surface area contributed by atoms with Crippen molar-refractivity contribution in [2.75, 3.05) is 0 Å². The first-order chi connectivity index (χ1) is 5.11. The van der Waals surface area contributed by atoms with Gasteiger partial charge in [-0.05, 0) is 24.6 Å². The second-order valence-electron chi connectivity index (χ2n) is 2.29. The molecule has 0 fully saturated rings. The Hall–Kier alpha value is -1.38. The van der Waals surface area contributed by atoms with Gasteiger partial charge in [0, 0.05) is 5.56 Å². The SMILES string of the molecule is Cc1ccc(C([NH])=O)cc1F. The van der Waals surface area contributed by atoms with Crippen LogP contribution < -0.4 is 5.73 Å². The number of aryl methyl sites for hydroxylation is 1. The molecule has 1 aromatic carbocycles. The number of carbonyl (C=O) groups is 1. The molecule has 1 rings (SSSR count). The Bertz CT molecular complexity index is 296. The highest BCUT2D eigenvalue weighted by molar-refractivity contribution is 5.92. The zero-order valence-electron chi connectivity index (χ0n) is 6.02. The minimum atomic E-state index is -0.858. The average molecular weight is 152 g/mol. The van der Waals surface area contributed by atoms with Crippen LogP contribution in [0, 0.1) is 12.7 Å². The van der Waals surface area contributed by atoms with Gasteiger partial charge < -0.3 is 0 Å². The summed E-state index contributed by atoms with van der Waals surface area (Å²) in [4.78, 5) is 10.4. The second kappa shape index (κ2) is 2.70. The monoisotopic (exact) mass is 152 g/mol. The third-order valence-electron chi connectivity index (χ3n) is 1.43. The number of hydrogen-bond acceptors (Lipinski definition) is 1. The molecule has 0 saturated heterocycles. The summed E-state index contributed by atoms with van der Waals surface area (Å²) in [6, 6.07) is 4.00. The standard InChI is InChI=1S/C8H7FNO/c1-5-2-3-6(8(10)11)4-7(5)9/h2-4,10H,1H3. The summed E-state index contributed by atoms with van der Waals surface area (Å²) in [5.74, 6) is -1.30. The maximum atomic E-state index is 12.7. The van der Waals surface area contributed by atoms with E-state index in [-0.39, 0.29) is 5.56 Å². The van der Waals surface area contributed by atoms with Crippen molar-refractivity contribution in [1.82, 2.24) is 5.73 Å². The predicted octanol–water partition coefficient (Wildman–Crippen LogP) is 1.56. The lowest BCUT2D eigenvalue weighted by atomic mass is 10.1. The van der Waals surface area contributed by atoms with E-state index in [9.17, 15) is 9.18 Å². The number of hydrogen-bond donors (Lipinski definition) is 0. The fraction of sp³-hybridized carbons (Fsp3) is 0.125. The molecule has 3 heteroatoms. The zero-order valence-corrected chi connectivity index (χ0v) is 6.02. The Morgan fingerprint density at radius 3 is 2.64 bits per heavy atom. The van der Waals surface area contributed by atoms with Gasteiger partial charge in [-0.15, -0.1) is 0 Å². The third kappa shape index (κ3) is 1.55. The van der Waals surface area contributed by atoms with Crippen molar-refractivity contribution in [3.05, 3.63) is 35.1 Å². The van der Waals surface area contributed by atoms with E-state index in [2.05, 4.69) is 0 Å². The molecule has 0 aliphatic rings. The Morgan fingerprint density at radius 1 is 1.55 bits per heavy atom. The minimum Gasteiger partial charge on any atom is -0.267 e. The first-order valence-electron chi connectivity index (χ1n) is 3.13. The molecule has 0 unspecified atom stereocenters. The molecule has 1 radical (unpaired) electrons. The summed E-state index contributed by atoms with van der Waals surface area (Å²) in [5, 5.41) is 0. The average Bonchev–Trinajstić information content (AvgIpc) is 1.94. The predicted molar refractivity (Wildman–Crippen MR) is 38.6 cm³/mol. The van der Waals surface area contributed by atoms with Gasteiger partial charge in [-0.3, -0.25) is 10.5 Å². The van der Waals surface area contributed by atoms with Crippen LogP contribution in [0.2, 0.25) is 0 Å². The van der Waals surface area contributed by atoms with E-state index in [1.807, 2.05) is 0 Å². The van der Waals surface area contributed by atoms with Gasteiger partial charge in [0.2, 0.25) is 0 Å². The maximum Gasteiger partial charge on any atom is 0.269 e. The van der Waals surface area contributed by atoms with Crippen molar-refractivity contribution in [3.63, 3.8) is 0 Å². The van der Waals surface area contributed by atoms with E-state index >= 15 is 0 Å². The number of carbonyl (C=O) groups excluding carboxylic acids is 1. The summed E-state index contributed by atoms with van der Waals surface area (Å²) in [6.07, 6.45) is 0. The molecule has 0 saturated carbocycles. The summed E-state index contributed by atoms with van der Waals surface area (Å²) in [7, 11) is 0. The van der Waals surface area contributed by atoms with E-state index in [0.717, 1.165) is 6.07 Å². The molecular formula is C8H7FNO. The molecule has 1 N–H and O–H groups in total. The molecule has 0 aliphatic heterocycles. The molecule has 1 amide bonds. The molecule has 1 aromatic rings. The summed E-state index contributed by atoms with van der Waals surface area (Å²) < 4.78 is 12.7. The second-order valence-corrected chi connectivity index (χ2v) is 2.29. The van der Waals surface area contributed by atoms with Crippen LogP contribution in [-0.4, -0.2) is 5.91 Å². The molecule has 57 valence electrons. The quantitative estimate of drug-likeness (QED) is 0.602. The topological polar surface area (TPSA) is 40.9 Å². The molecule has 0 aromatic heterocycles. The van der Waals surface area contributed by atoms with Gasteiger partial charge in [-0.25, -0.2) is 4.39 Å². The van der Waals surface area contributed by atoms with E-state index in [4.69, 9.17) is 5.73 Å². The number of benzene rings is 1. The van der Waals surface area contributed by atoms with Crippen LogP contribution in [0.1, 0.15) is 15.9 Å². The van der Waals surface area contributed by atoms with Gasteiger partial charge >= 0.3 is 0 Å². The lowest BCUT2D eigenvalue weighted by Gasteiger charge is -1.96. The van der Waals surface area contributed by atoms with Crippen LogP contribution in [0.25, 0.3) is 0 Å². The van der Waals surface area contributed by atoms with Gasteiger partial charge in [-0.2, -0.15) is 0 Å². The van der Waals surface area contributed by atoms with Crippen LogP contribution in [0.15, 0.2) is 18.2 Å². The van der Waals surface area contributed by atoms with Crippen molar-refractivity contribution < 1.29 is 9.18 Å². The Labute approximate surface area is 63.8 Å². The summed E-state index contributed by atoms with van der Waals surface area (Å²) >= 11 is 0. The summed E-state index contributed by atoms with van der Waals surface area (Å²) in [5.41, 5.74) is 7.25. The van der Waals surface area contributed by atoms with Gasteiger partial charge in [0.1, 0.15) is 5.82 Å². The highest BCUT2D eigenvalue weighted by atomic mass is 19.1. The maximum absolute atomic E-state index is 12.7. The molecule has 0 heterocycles. The van der Waals surface area contributed by atoms with Crippen LogP contribution in [0.5, 0.6) is 0 Å². The van der Waals surface area contributed by atoms with Gasteiger partial charge in [0.25, 0.3) is 5.91 Å². The molecule has 11 heavy (non-hydrogen) atoms. The first-order valence-corrected chi connectivity index (χ1v) is 3.13. The molecule has 2 nitrogen and oxygen atoms in total. The zero-order chi connectivity index (χ0) is 8.43. The fourth-order valence-corrected chi connectivity index (χ4v) is 0.734. The Balaban J connectivity index is 3.15. The van der Waals surface area contributed by atoms with E-state index in [0.29, 0.717) is 5.56 Å². The first kappa shape index (κ1) is 7.72. The normalized spacial score (nSPS) is 9.64. The third-order valence-corrected chi connectivity index (χ3v) is 1.43. The molecule has 0 bridgehead atoms. The van der Waals surface area contributed by atoms with Crippen LogP contribution in [-0.2, 0) is 0 Å². The van der Waals surface area contributed by atoms with Crippen molar-refractivity contribution in [2.24, 2.45) is 0 Å². The van der Waals surface area contributed by atoms with Crippen molar-refractivity contribution in [3.8, 4) is 0 Å². The highest BCUT2D eigenvalue weighted by Gasteiger charge is 2.03. The largest absolute Gasteiger partial charge is 0.269 e. The minimum absolute atomic E-state index is 0.0908. The molecule has 0 aliphatic carbocycles. The molecule has 0 atom stereocenters. The Morgan fingerprint density at radius 2 is 2.18 bits per heavy atom.